The topological polar surface area (TPSA) is 83.9 Å². The van der Waals surface area contributed by atoms with E-state index in [1.54, 1.807) is 4.68 Å². The molecule has 5 aromatic rings. The number of ether oxygens (including phenoxy) is 1. The van der Waals surface area contributed by atoms with Crippen molar-refractivity contribution in [3.63, 3.8) is 0 Å². The number of carbonyl (C=O) groups is 1. The second kappa shape index (κ2) is 10.7. The van der Waals surface area contributed by atoms with Gasteiger partial charge in [0.15, 0.2) is 5.82 Å². The van der Waals surface area contributed by atoms with Crippen molar-refractivity contribution in [3.05, 3.63) is 117 Å². The summed E-state index contributed by atoms with van der Waals surface area (Å²) in [6, 6.07) is 27.1. The number of carbonyl (C=O) groups excluding carboxylic acids is 1. The summed E-state index contributed by atoms with van der Waals surface area (Å²) in [7, 11) is 1.35. The number of hydrogen-bond acceptors (Lipinski definition) is 6. The van der Waals surface area contributed by atoms with Crippen LogP contribution in [-0.2, 0) is 29.0 Å². The van der Waals surface area contributed by atoms with Crippen LogP contribution in [0.15, 0.2) is 89.7 Å². The number of fused-ring (bicyclic) bond motifs is 1. The lowest BCUT2D eigenvalue weighted by Gasteiger charge is -2.12. The van der Waals surface area contributed by atoms with Crippen molar-refractivity contribution >= 4 is 29.0 Å². The minimum absolute atomic E-state index is 0.106. The van der Waals surface area contributed by atoms with Crippen LogP contribution in [0.5, 0.6) is 0 Å². The third-order valence-corrected chi connectivity index (χ3v) is 6.52. The van der Waals surface area contributed by atoms with Gasteiger partial charge in [-0.05, 0) is 36.0 Å². The van der Waals surface area contributed by atoms with E-state index in [0.29, 0.717) is 22.4 Å². The van der Waals surface area contributed by atoms with Crippen molar-refractivity contribution in [2.45, 2.75) is 25.9 Å². The van der Waals surface area contributed by atoms with Crippen LogP contribution >= 0.6 is 12.2 Å². The van der Waals surface area contributed by atoms with Gasteiger partial charge in [0.25, 0.3) is 5.56 Å². The van der Waals surface area contributed by atoms with Gasteiger partial charge in [0.05, 0.1) is 31.2 Å². The first-order valence-corrected chi connectivity index (χ1v) is 12.3. The molecule has 0 amide bonds. The summed E-state index contributed by atoms with van der Waals surface area (Å²) in [4.78, 5) is 25.2. The molecule has 0 bridgehead atoms. The second-order valence-electron chi connectivity index (χ2n) is 8.54. The van der Waals surface area contributed by atoms with Crippen molar-refractivity contribution in [2.75, 3.05) is 7.11 Å². The second-order valence-corrected chi connectivity index (χ2v) is 8.90. The predicted octanol–water partition coefficient (Wildman–Crippen LogP) is 4.32. The molecule has 2 heterocycles. The number of esters is 1. The standard InChI is InChI=1S/C28H25N5O3S/c1-36-26(34)16-17-31-28(37)33(21-12-6-3-7-13-21)25(30-31)19-32-27(35)23-15-9-8-14-22(23)24(29-32)18-20-10-4-2-5-11-20/h2-15H,16-19H2,1H3. The highest BCUT2D eigenvalue weighted by Gasteiger charge is 2.17. The summed E-state index contributed by atoms with van der Waals surface area (Å²) in [6.45, 7) is 0.368. The average molecular weight is 512 g/mol. The molecule has 0 spiro atoms. The zero-order valence-electron chi connectivity index (χ0n) is 20.3. The van der Waals surface area contributed by atoms with Crippen molar-refractivity contribution in [1.29, 1.82) is 0 Å². The van der Waals surface area contributed by atoms with Gasteiger partial charge in [0.1, 0.15) is 6.54 Å². The van der Waals surface area contributed by atoms with Crippen LogP contribution in [0.25, 0.3) is 16.5 Å². The van der Waals surface area contributed by atoms with Gasteiger partial charge in [-0.3, -0.25) is 14.2 Å². The zero-order valence-corrected chi connectivity index (χ0v) is 21.1. The van der Waals surface area contributed by atoms with Crippen molar-refractivity contribution < 1.29 is 9.53 Å². The first kappa shape index (κ1) is 24.3. The van der Waals surface area contributed by atoms with Gasteiger partial charge in [-0.2, -0.15) is 10.2 Å². The molecular formula is C28H25N5O3S. The quantitative estimate of drug-likeness (QED) is 0.228. The number of benzene rings is 3. The van der Waals surface area contributed by atoms with Crippen molar-refractivity contribution in [2.24, 2.45) is 0 Å². The smallest absolute Gasteiger partial charge is 0.307 e. The van der Waals surface area contributed by atoms with Gasteiger partial charge < -0.3 is 4.74 Å². The van der Waals surface area contributed by atoms with Crippen LogP contribution in [0.1, 0.15) is 23.5 Å². The van der Waals surface area contributed by atoms with E-state index in [9.17, 15) is 9.59 Å². The van der Waals surface area contributed by atoms with Crippen LogP contribution in [0.3, 0.4) is 0 Å². The summed E-state index contributed by atoms with van der Waals surface area (Å²) < 4.78 is 10.0. The number of nitrogens with zero attached hydrogens (tertiary/aromatic N) is 5. The van der Waals surface area contributed by atoms with E-state index in [1.807, 2.05) is 89.5 Å². The Hall–Kier alpha value is -4.37. The molecule has 186 valence electrons. The van der Waals surface area contributed by atoms with E-state index in [1.165, 1.54) is 11.8 Å². The van der Waals surface area contributed by atoms with E-state index in [4.69, 9.17) is 27.2 Å². The lowest BCUT2D eigenvalue weighted by Crippen LogP contribution is -2.26. The lowest BCUT2D eigenvalue weighted by atomic mass is 10.0. The molecule has 2 aromatic heterocycles. The molecule has 0 saturated carbocycles. The highest BCUT2D eigenvalue weighted by Crippen LogP contribution is 2.18. The molecule has 0 saturated heterocycles. The molecule has 0 fully saturated rings. The van der Waals surface area contributed by atoms with Crippen LogP contribution in [-0.4, -0.2) is 37.2 Å². The first-order valence-electron chi connectivity index (χ1n) is 11.9. The Morgan fingerprint density at radius 2 is 1.51 bits per heavy atom. The fourth-order valence-electron chi connectivity index (χ4n) is 4.30. The van der Waals surface area contributed by atoms with Crippen molar-refractivity contribution in [3.8, 4) is 5.69 Å². The van der Waals surface area contributed by atoms with E-state index in [-0.39, 0.29) is 31.0 Å². The molecule has 37 heavy (non-hydrogen) atoms. The molecule has 9 heteroatoms. The van der Waals surface area contributed by atoms with Gasteiger partial charge in [0.2, 0.25) is 4.77 Å². The molecule has 0 aliphatic carbocycles. The van der Waals surface area contributed by atoms with Crippen LogP contribution in [0, 0.1) is 4.77 Å². The molecule has 0 N–H and O–H groups in total. The van der Waals surface area contributed by atoms with E-state index in [0.717, 1.165) is 22.3 Å². The minimum atomic E-state index is -0.351. The summed E-state index contributed by atoms with van der Waals surface area (Å²) >= 11 is 5.73. The number of aryl methyl sites for hydroxylation is 1. The summed E-state index contributed by atoms with van der Waals surface area (Å²) in [5.41, 5.74) is 2.51. The Kier molecular flexibility index (Phi) is 7.04. The van der Waals surface area contributed by atoms with Crippen molar-refractivity contribution in [1.82, 2.24) is 24.1 Å². The van der Waals surface area contributed by atoms with Gasteiger partial charge >= 0.3 is 5.97 Å². The number of aromatic nitrogens is 5. The zero-order chi connectivity index (χ0) is 25.8. The van der Waals surface area contributed by atoms with E-state index in [2.05, 4.69) is 0 Å². The average Bonchev–Trinajstić information content (AvgIpc) is 3.25. The lowest BCUT2D eigenvalue weighted by molar-refractivity contribution is -0.140. The monoisotopic (exact) mass is 511 g/mol. The fourth-order valence-corrected chi connectivity index (χ4v) is 4.65. The summed E-state index contributed by atoms with van der Waals surface area (Å²) in [5, 5.41) is 10.9. The molecule has 0 aliphatic heterocycles. The number of rotatable bonds is 8. The third-order valence-electron chi connectivity index (χ3n) is 6.13. The largest absolute Gasteiger partial charge is 0.469 e. The molecule has 3 aromatic carbocycles. The van der Waals surface area contributed by atoms with Crippen LogP contribution < -0.4 is 5.56 Å². The summed E-state index contributed by atoms with van der Waals surface area (Å²) in [6.07, 6.45) is 0.714. The third kappa shape index (κ3) is 5.12. The van der Waals surface area contributed by atoms with Gasteiger partial charge in [-0.1, -0.05) is 66.7 Å². The van der Waals surface area contributed by atoms with E-state index < -0.39 is 0 Å². The minimum Gasteiger partial charge on any atom is -0.469 e. The normalized spacial score (nSPS) is 11.1. The van der Waals surface area contributed by atoms with Crippen LogP contribution in [0.2, 0.25) is 0 Å². The van der Waals surface area contributed by atoms with Gasteiger partial charge in [0, 0.05) is 17.5 Å². The number of methoxy groups -OCH3 is 1. The Bertz CT molecular complexity index is 1670. The Morgan fingerprint density at radius 1 is 0.865 bits per heavy atom. The Labute approximate surface area is 218 Å². The Morgan fingerprint density at radius 3 is 2.22 bits per heavy atom. The van der Waals surface area contributed by atoms with Gasteiger partial charge in [-0.25, -0.2) is 9.36 Å². The maximum Gasteiger partial charge on any atom is 0.307 e. The summed E-state index contributed by atoms with van der Waals surface area (Å²) in [5.74, 6) is 0.187. The SMILES string of the molecule is COC(=O)CCn1nc(Cn2nc(Cc3ccccc3)c3ccccc3c2=O)n(-c2ccccc2)c1=S. The van der Waals surface area contributed by atoms with Gasteiger partial charge in [-0.15, -0.1) is 0 Å². The highest BCUT2D eigenvalue weighted by molar-refractivity contribution is 7.71. The van der Waals surface area contributed by atoms with E-state index >= 15 is 0 Å². The molecular weight excluding hydrogens is 486 g/mol. The highest BCUT2D eigenvalue weighted by atomic mass is 32.1. The molecule has 0 radical (unpaired) electrons. The molecule has 5 rings (SSSR count). The number of para-hydroxylation sites is 1. The molecule has 8 nitrogen and oxygen atoms in total. The maximum atomic E-state index is 13.5. The van der Waals surface area contributed by atoms with Crippen LogP contribution in [0.4, 0.5) is 0 Å². The molecule has 0 atom stereocenters. The first-order chi connectivity index (χ1) is 18.0. The maximum absolute atomic E-state index is 13.5. The molecule has 0 unspecified atom stereocenters. The predicted molar refractivity (Wildman–Crippen MR) is 143 cm³/mol. The number of hydrogen-bond donors (Lipinski definition) is 0. The fraction of sp³-hybridized carbons (Fsp3) is 0.179. The molecule has 0 aliphatic rings. The Balaban J connectivity index is 1.61.